The van der Waals surface area contributed by atoms with Crippen molar-refractivity contribution in [2.45, 2.75) is 45.4 Å². The molecule has 0 saturated carbocycles. The molecule has 2 atom stereocenters. The molecule has 3 heterocycles. The van der Waals surface area contributed by atoms with Crippen LogP contribution in [0.4, 0.5) is 5.69 Å². The number of aromatic nitrogens is 1. The molecule has 31 heavy (non-hydrogen) atoms. The summed E-state index contributed by atoms with van der Waals surface area (Å²) >= 11 is 6.07. The molecule has 0 radical (unpaired) electrons. The Hall–Kier alpha value is -2.15. The first-order valence-corrected chi connectivity index (χ1v) is 11.4. The van der Waals surface area contributed by atoms with E-state index in [-0.39, 0.29) is 17.9 Å². The van der Waals surface area contributed by atoms with Crippen molar-refractivity contribution in [1.82, 2.24) is 15.2 Å². The van der Waals surface area contributed by atoms with Crippen molar-refractivity contribution in [3.63, 3.8) is 0 Å². The van der Waals surface area contributed by atoms with Crippen molar-refractivity contribution >= 4 is 23.2 Å². The monoisotopic (exact) mass is 442 g/mol. The topological polar surface area (TPSA) is 57.7 Å². The minimum atomic E-state index is -0.218. The van der Waals surface area contributed by atoms with Crippen LogP contribution in [0.2, 0.25) is 5.02 Å². The Bertz CT molecular complexity index is 910. The number of ether oxygens (including phenoxy) is 1. The minimum absolute atomic E-state index is 0.0646. The number of hydrogen-bond acceptors (Lipinski definition) is 5. The van der Waals surface area contributed by atoms with Crippen LogP contribution in [-0.4, -0.2) is 54.6 Å². The molecule has 0 bridgehead atoms. The van der Waals surface area contributed by atoms with Crippen LogP contribution in [0.3, 0.4) is 0 Å². The molecule has 2 aliphatic heterocycles. The lowest BCUT2D eigenvalue weighted by Crippen LogP contribution is -2.51. The number of piperazine rings is 1. The van der Waals surface area contributed by atoms with Gasteiger partial charge in [0, 0.05) is 61.2 Å². The number of pyridine rings is 1. The van der Waals surface area contributed by atoms with E-state index in [0.717, 1.165) is 24.3 Å². The second-order valence-electron chi connectivity index (χ2n) is 8.62. The molecule has 7 heteroatoms. The van der Waals surface area contributed by atoms with Crippen LogP contribution in [0.15, 0.2) is 36.5 Å². The molecule has 4 rings (SSSR count). The second-order valence-corrected chi connectivity index (χ2v) is 9.06. The molecule has 1 N–H and O–H groups in total. The third-order valence-corrected chi connectivity index (χ3v) is 6.41. The summed E-state index contributed by atoms with van der Waals surface area (Å²) in [6.07, 6.45) is 1.93. The SMILES string of the molecule is CC(C)NC[C@@H](C(=O)N1CCN(c2ccnc3c2[C@@H](C)OC3)CC1)c1ccc(Cl)cc1. The average Bonchev–Trinajstić information content (AvgIpc) is 3.16. The first-order chi connectivity index (χ1) is 14.9. The van der Waals surface area contributed by atoms with E-state index in [2.05, 4.69) is 42.0 Å². The highest BCUT2D eigenvalue weighted by molar-refractivity contribution is 6.30. The van der Waals surface area contributed by atoms with Crippen molar-refractivity contribution < 1.29 is 9.53 Å². The molecule has 1 amide bonds. The van der Waals surface area contributed by atoms with Crippen molar-refractivity contribution in [2.75, 3.05) is 37.6 Å². The number of halogens is 1. The van der Waals surface area contributed by atoms with Crippen molar-refractivity contribution in [2.24, 2.45) is 0 Å². The van der Waals surface area contributed by atoms with Gasteiger partial charge in [0.25, 0.3) is 0 Å². The van der Waals surface area contributed by atoms with Crippen LogP contribution in [0, 0.1) is 0 Å². The molecule has 0 aliphatic carbocycles. The smallest absolute Gasteiger partial charge is 0.231 e. The van der Waals surface area contributed by atoms with Gasteiger partial charge in [-0.1, -0.05) is 37.6 Å². The zero-order chi connectivity index (χ0) is 22.0. The molecule has 2 aliphatic rings. The number of nitrogens with one attached hydrogen (secondary N) is 1. The Balaban J connectivity index is 1.46. The van der Waals surface area contributed by atoms with Crippen LogP contribution in [-0.2, 0) is 16.1 Å². The van der Waals surface area contributed by atoms with Crippen LogP contribution in [0.25, 0.3) is 0 Å². The summed E-state index contributed by atoms with van der Waals surface area (Å²) in [5.41, 5.74) is 4.43. The van der Waals surface area contributed by atoms with Gasteiger partial charge in [-0.25, -0.2) is 0 Å². The van der Waals surface area contributed by atoms with Crippen LogP contribution in [0.1, 0.15) is 49.6 Å². The molecule has 1 saturated heterocycles. The number of fused-ring (bicyclic) bond motifs is 1. The normalized spacial score (nSPS) is 19.6. The number of carbonyl (C=O) groups is 1. The van der Waals surface area contributed by atoms with Gasteiger partial charge in [-0.2, -0.15) is 0 Å². The van der Waals surface area contributed by atoms with Gasteiger partial charge in [0.1, 0.15) is 0 Å². The van der Waals surface area contributed by atoms with Gasteiger partial charge in [-0.3, -0.25) is 9.78 Å². The van der Waals surface area contributed by atoms with Crippen LogP contribution in [0.5, 0.6) is 0 Å². The lowest BCUT2D eigenvalue weighted by Gasteiger charge is -2.38. The van der Waals surface area contributed by atoms with Gasteiger partial charge in [0.15, 0.2) is 0 Å². The summed E-state index contributed by atoms with van der Waals surface area (Å²) in [5, 5.41) is 4.12. The fourth-order valence-electron chi connectivity index (χ4n) is 4.41. The zero-order valence-electron chi connectivity index (χ0n) is 18.5. The highest BCUT2D eigenvalue weighted by Crippen LogP contribution is 2.36. The number of nitrogens with zero attached hydrogens (tertiary/aromatic N) is 3. The quantitative estimate of drug-likeness (QED) is 0.738. The van der Waals surface area contributed by atoms with Gasteiger partial charge in [0.05, 0.1) is 24.3 Å². The third kappa shape index (κ3) is 4.86. The molecule has 1 aromatic carbocycles. The molecule has 2 aromatic rings. The molecule has 6 nitrogen and oxygen atoms in total. The molecule has 1 fully saturated rings. The van der Waals surface area contributed by atoms with E-state index in [4.69, 9.17) is 16.3 Å². The molecule has 166 valence electrons. The summed E-state index contributed by atoms with van der Waals surface area (Å²) < 4.78 is 5.78. The van der Waals surface area contributed by atoms with E-state index in [1.165, 1.54) is 11.3 Å². The highest BCUT2D eigenvalue weighted by Gasteiger charge is 2.31. The van der Waals surface area contributed by atoms with E-state index in [9.17, 15) is 4.79 Å². The number of benzene rings is 1. The van der Waals surface area contributed by atoms with Gasteiger partial charge >= 0.3 is 0 Å². The van der Waals surface area contributed by atoms with E-state index < -0.39 is 0 Å². The summed E-state index contributed by atoms with van der Waals surface area (Å²) in [7, 11) is 0. The number of anilines is 1. The fourth-order valence-corrected chi connectivity index (χ4v) is 4.54. The lowest BCUT2D eigenvalue weighted by atomic mass is 9.96. The van der Waals surface area contributed by atoms with E-state index in [1.54, 1.807) is 0 Å². The van der Waals surface area contributed by atoms with E-state index in [1.807, 2.05) is 35.4 Å². The summed E-state index contributed by atoms with van der Waals surface area (Å²) in [4.78, 5) is 22.3. The number of hydrogen-bond donors (Lipinski definition) is 1. The summed E-state index contributed by atoms with van der Waals surface area (Å²) in [6.45, 7) is 10.5. The third-order valence-electron chi connectivity index (χ3n) is 6.16. The Morgan fingerprint density at radius 1 is 1.19 bits per heavy atom. The van der Waals surface area contributed by atoms with Crippen molar-refractivity contribution in [1.29, 1.82) is 0 Å². The minimum Gasteiger partial charge on any atom is -0.368 e. The Morgan fingerprint density at radius 3 is 2.58 bits per heavy atom. The Labute approximate surface area is 189 Å². The predicted octanol–water partition coefficient (Wildman–Crippen LogP) is 3.76. The van der Waals surface area contributed by atoms with Gasteiger partial charge < -0.3 is 19.9 Å². The largest absolute Gasteiger partial charge is 0.368 e. The first kappa shape index (κ1) is 22.1. The van der Waals surface area contributed by atoms with Crippen LogP contribution < -0.4 is 10.2 Å². The average molecular weight is 443 g/mol. The Kier molecular flexibility index (Phi) is 6.80. The van der Waals surface area contributed by atoms with Crippen molar-refractivity contribution in [3.05, 3.63) is 58.4 Å². The lowest BCUT2D eigenvalue weighted by molar-refractivity contribution is -0.133. The predicted molar refractivity (Wildman–Crippen MR) is 124 cm³/mol. The van der Waals surface area contributed by atoms with Crippen molar-refractivity contribution in [3.8, 4) is 0 Å². The van der Waals surface area contributed by atoms with E-state index in [0.29, 0.717) is 37.3 Å². The van der Waals surface area contributed by atoms with Gasteiger partial charge in [-0.15, -0.1) is 0 Å². The van der Waals surface area contributed by atoms with Gasteiger partial charge in [0.2, 0.25) is 5.91 Å². The second kappa shape index (κ2) is 9.55. The van der Waals surface area contributed by atoms with Gasteiger partial charge in [-0.05, 0) is 30.7 Å². The number of rotatable bonds is 6. The maximum Gasteiger partial charge on any atom is 0.231 e. The molecular formula is C24H31ClN4O2. The maximum atomic E-state index is 13.5. The Morgan fingerprint density at radius 2 is 1.90 bits per heavy atom. The molecule has 1 aromatic heterocycles. The molecule has 0 spiro atoms. The molecule has 0 unspecified atom stereocenters. The zero-order valence-corrected chi connectivity index (χ0v) is 19.2. The fraction of sp³-hybridized carbons (Fsp3) is 0.500. The standard InChI is InChI=1S/C24H31ClN4O2/c1-16(2)27-14-20(18-4-6-19(25)7-5-18)24(30)29-12-10-28(11-13-29)22-8-9-26-21-15-31-17(3)23(21)22/h4-9,16-17,20,27H,10-15H2,1-3H3/t17-,20-/m1/s1. The van der Waals surface area contributed by atoms with Crippen LogP contribution >= 0.6 is 11.6 Å². The number of amides is 1. The highest BCUT2D eigenvalue weighted by atomic mass is 35.5. The molecular weight excluding hydrogens is 412 g/mol. The number of carbonyl (C=O) groups excluding carboxylic acids is 1. The first-order valence-electron chi connectivity index (χ1n) is 11.1. The summed E-state index contributed by atoms with van der Waals surface area (Å²) in [6, 6.07) is 10.0. The van der Waals surface area contributed by atoms with E-state index >= 15 is 0 Å². The maximum absolute atomic E-state index is 13.5. The summed E-state index contributed by atoms with van der Waals surface area (Å²) in [5.74, 6) is -0.0448.